The van der Waals surface area contributed by atoms with Gasteiger partial charge in [-0.25, -0.2) is 14.4 Å². The van der Waals surface area contributed by atoms with Crippen LogP contribution in [0.15, 0.2) is 18.2 Å². The Morgan fingerprint density at radius 2 is 2.14 bits per heavy atom. The fraction of sp³-hybridized carbons (Fsp3) is 0.200. The molecule has 0 unspecified atom stereocenters. The number of fused-ring (bicyclic) bond motifs is 1. The van der Waals surface area contributed by atoms with Crippen LogP contribution in [-0.4, -0.2) is 9.97 Å². The van der Waals surface area contributed by atoms with Gasteiger partial charge in [0.1, 0.15) is 11.6 Å². The molecule has 0 spiro atoms. The molecule has 2 nitrogen and oxygen atoms in total. The third-order valence-electron chi connectivity index (χ3n) is 2.01. The quantitative estimate of drug-likeness (QED) is 0.677. The highest BCUT2D eigenvalue weighted by molar-refractivity contribution is 6.16. The van der Waals surface area contributed by atoms with Gasteiger partial charge in [0, 0.05) is 11.1 Å². The standard InChI is InChI=1S/C10H8ClFN2/c1-6-8-4-7(12)2-3-9(8)14-10(5-11)13-6/h2-4H,5H2,1H3. The van der Waals surface area contributed by atoms with E-state index in [9.17, 15) is 4.39 Å². The normalized spacial score (nSPS) is 10.8. The third-order valence-corrected chi connectivity index (χ3v) is 2.25. The Labute approximate surface area is 85.8 Å². The third kappa shape index (κ3) is 1.55. The summed E-state index contributed by atoms with van der Waals surface area (Å²) in [5.41, 5.74) is 1.49. The summed E-state index contributed by atoms with van der Waals surface area (Å²) in [4.78, 5) is 8.34. The maximum Gasteiger partial charge on any atom is 0.144 e. The number of aromatic nitrogens is 2. The fourth-order valence-electron chi connectivity index (χ4n) is 1.37. The van der Waals surface area contributed by atoms with E-state index in [0.29, 0.717) is 5.82 Å². The zero-order chi connectivity index (χ0) is 10.1. The molecule has 1 aromatic heterocycles. The maximum absolute atomic E-state index is 12.9. The zero-order valence-electron chi connectivity index (χ0n) is 7.59. The number of alkyl halides is 1. The molecular formula is C10H8ClFN2. The predicted molar refractivity (Wildman–Crippen MR) is 53.8 cm³/mol. The molecule has 0 saturated carbocycles. The summed E-state index contributed by atoms with van der Waals surface area (Å²) >= 11 is 5.63. The topological polar surface area (TPSA) is 25.8 Å². The van der Waals surface area contributed by atoms with E-state index in [0.717, 1.165) is 16.6 Å². The molecule has 1 aromatic carbocycles. The molecule has 2 aromatic rings. The minimum absolute atomic E-state index is 0.272. The van der Waals surface area contributed by atoms with Gasteiger partial charge in [-0.15, -0.1) is 11.6 Å². The summed E-state index contributed by atoms with van der Waals surface area (Å²) in [6.07, 6.45) is 0. The van der Waals surface area contributed by atoms with E-state index in [2.05, 4.69) is 9.97 Å². The van der Waals surface area contributed by atoms with Crippen LogP contribution in [0.25, 0.3) is 10.9 Å². The summed E-state index contributed by atoms with van der Waals surface area (Å²) in [6, 6.07) is 4.45. The first-order valence-electron chi connectivity index (χ1n) is 4.19. The molecule has 0 radical (unpaired) electrons. The van der Waals surface area contributed by atoms with E-state index >= 15 is 0 Å². The Kier molecular flexibility index (Phi) is 2.33. The van der Waals surface area contributed by atoms with E-state index in [4.69, 9.17) is 11.6 Å². The Hall–Kier alpha value is -1.22. The second kappa shape index (κ2) is 3.50. The molecule has 0 N–H and O–H groups in total. The maximum atomic E-state index is 12.9. The molecule has 72 valence electrons. The van der Waals surface area contributed by atoms with Crippen LogP contribution in [0, 0.1) is 12.7 Å². The van der Waals surface area contributed by atoms with Crippen LogP contribution in [0.5, 0.6) is 0 Å². The molecule has 0 saturated heterocycles. The number of benzene rings is 1. The molecular weight excluding hydrogens is 203 g/mol. The highest BCUT2D eigenvalue weighted by Crippen LogP contribution is 2.17. The van der Waals surface area contributed by atoms with Gasteiger partial charge in [-0.2, -0.15) is 0 Å². The van der Waals surface area contributed by atoms with Crippen LogP contribution in [0.3, 0.4) is 0 Å². The van der Waals surface area contributed by atoms with Crippen molar-refractivity contribution < 1.29 is 4.39 Å². The zero-order valence-corrected chi connectivity index (χ0v) is 8.35. The van der Waals surface area contributed by atoms with Crippen molar-refractivity contribution in [2.24, 2.45) is 0 Å². The largest absolute Gasteiger partial charge is 0.236 e. The molecule has 0 aliphatic heterocycles. The molecule has 4 heteroatoms. The van der Waals surface area contributed by atoms with E-state index < -0.39 is 0 Å². The van der Waals surface area contributed by atoms with Crippen molar-refractivity contribution >= 4 is 22.5 Å². The molecule has 0 atom stereocenters. The number of halogens is 2. The van der Waals surface area contributed by atoms with E-state index in [1.807, 2.05) is 6.92 Å². The first kappa shape index (κ1) is 9.34. The Morgan fingerprint density at radius 3 is 2.86 bits per heavy atom. The predicted octanol–water partition coefficient (Wildman–Crippen LogP) is 2.82. The highest BCUT2D eigenvalue weighted by atomic mass is 35.5. The van der Waals surface area contributed by atoms with Gasteiger partial charge in [-0.1, -0.05) is 0 Å². The Bertz CT molecular complexity index is 485. The lowest BCUT2D eigenvalue weighted by Crippen LogP contribution is -1.96. The van der Waals surface area contributed by atoms with Gasteiger partial charge in [0.25, 0.3) is 0 Å². The van der Waals surface area contributed by atoms with Crippen LogP contribution in [-0.2, 0) is 5.88 Å². The summed E-state index contributed by atoms with van der Waals surface area (Å²) in [7, 11) is 0. The minimum atomic E-state index is -0.275. The molecule has 0 bridgehead atoms. The first-order chi connectivity index (χ1) is 6.70. The van der Waals surface area contributed by atoms with Gasteiger partial charge in [-0.05, 0) is 25.1 Å². The van der Waals surface area contributed by atoms with Gasteiger partial charge in [-0.3, -0.25) is 0 Å². The van der Waals surface area contributed by atoms with Crippen LogP contribution in [0.4, 0.5) is 4.39 Å². The lowest BCUT2D eigenvalue weighted by molar-refractivity contribution is 0.629. The van der Waals surface area contributed by atoms with Crippen molar-refractivity contribution in [1.82, 2.24) is 9.97 Å². The molecule has 0 fully saturated rings. The van der Waals surface area contributed by atoms with Crippen LogP contribution < -0.4 is 0 Å². The lowest BCUT2D eigenvalue weighted by Gasteiger charge is -2.02. The summed E-state index contributed by atoms with van der Waals surface area (Å²) in [5.74, 6) is 0.569. The molecule has 2 rings (SSSR count). The minimum Gasteiger partial charge on any atom is -0.236 e. The smallest absolute Gasteiger partial charge is 0.144 e. The summed E-state index contributed by atoms with van der Waals surface area (Å²) in [6.45, 7) is 1.82. The average molecular weight is 211 g/mol. The van der Waals surface area contributed by atoms with Gasteiger partial charge in [0.15, 0.2) is 0 Å². The van der Waals surface area contributed by atoms with Crippen molar-refractivity contribution in [1.29, 1.82) is 0 Å². The lowest BCUT2D eigenvalue weighted by atomic mass is 10.2. The van der Waals surface area contributed by atoms with Crippen LogP contribution in [0.2, 0.25) is 0 Å². The van der Waals surface area contributed by atoms with Crippen molar-refractivity contribution in [2.75, 3.05) is 0 Å². The SMILES string of the molecule is Cc1nc(CCl)nc2ccc(F)cc12. The van der Waals surface area contributed by atoms with Gasteiger partial charge >= 0.3 is 0 Å². The van der Waals surface area contributed by atoms with Crippen molar-refractivity contribution in [2.45, 2.75) is 12.8 Å². The Balaban J connectivity index is 2.76. The monoisotopic (exact) mass is 210 g/mol. The van der Waals surface area contributed by atoms with Gasteiger partial charge in [0.05, 0.1) is 11.4 Å². The number of aryl methyl sites for hydroxylation is 1. The fourth-order valence-corrected chi connectivity index (χ4v) is 1.49. The van der Waals surface area contributed by atoms with Gasteiger partial charge in [0.2, 0.25) is 0 Å². The number of hydrogen-bond acceptors (Lipinski definition) is 2. The molecule has 14 heavy (non-hydrogen) atoms. The number of nitrogens with zero attached hydrogens (tertiary/aromatic N) is 2. The van der Waals surface area contributed by atoms with Crippen molar-refractivity contribution in [3.63, 3.8) is 0 Å². The second-order valence-electron chi connectivity index (χ2n) is 3.02. The van der Waals surface area contributed by atoms with Crippen molar-refractivity contribution in [3.05, 3.63) is 35.5 Å². The summed E-state index contributed by atoms with van der Waals surface area (Å²) in [5, 5.41) is 0.735. The number of hydrogen-bond donors (Lipinski definition) is 0. The molecule has 0 aliphatic rings. The molecule has 0 aliphatic carbocycles. The van der Waals surface area contributed by atoms with Crippen LogP contribution in [0.1, 0.15) is 11.5 Å². The Morgan fingerprint density at radius 1 is 1.36 bits per heavy atom. The highest BCUT2D eigenvalue weighted by Gasteiger charge is 2.04. The average Bonchev–Trinajstić information content (AvgIpc) is 2.19. The first-order valence-corrected chi connectivity index (χ1v) is 4.73. The van der Waals surface area contributed by atoms with Gasteiger partial charge < -0.3 is 0 Å². The van der Waals surface area contributed by atoms with E-state index in [1.54, 1.807) is 6.07 Å². The van der Waals surface area contributed by atoms with Crippen LogP contribution >= 0.6 is 11.6 Å². The van der Waals surface area contributed by atoms with E-state index in [-0.39, 0.29) is 11.7 Å². The van der Waals surface area contributed by atoms with E-state index in [1.165, 1.54) is 12.1 Å². The summed E-state index contributed by atoms with van der Waals surface area (Å²) < 4.78 is 12.9. The molecule has 0 amide bonds. The molecule has 1 heterocycles. The van der Waals surface area contributed by atoms with Crippen molar-refractivity contribution in [3.8, 4) is 0 Å². The number of rotatable bonds is 1. The second-order valence-corrected chi connectivity index (χ2v) is 3.29.